The summed E-state index contributed by atoms with van der Waals surface area (Å²) in [4.78, 5) is 12.6. The highest BCUT2D eigenvalue weighted by Crippen LogP contribution is 2.33. The summed E-state index contributed by atoms with van der Waals surface area (Å²) >= 11 is 1.93. The molecule has 24 heavy (non-hydrogen) atoms. The van der Waals surface area contributed by atoms with Gasteiger partial charge in [-0.3, -0.25) is 4.79 Å². The fourth-order valence-electron chi connectivity index (χ4n) is 3.62. The predicted octanol–water partition coefficient (Wildman–Crippen LogP) is 4.27. The van der Waals surface area contributed by atoms with Gasteiger partial charge in [0.05, 0.1) is 0 Å². The van der Waals surface area contributed by atoms with Gasteiger partial charge in [0.1, 0.15) is 6.54 Å². The molecule has 1 aliphatic rings. The molecule has 0 bridgehead atoms. The summed E-state index contributed by atoms with van der Waals surface area (Å²) in [6, 6.07) is 14.9. The molecule has 0 atom stereocenters. The highest BCUT2D eigenvalue weighted by molar-refractivity contribution is 7.99. The van der Waals surface area contributed by atoms with Crippen LogP contribution in [-0.2, 0) is 24.2 Å². The highest BCUT2D eigenvalue weighted by atomic mass is 32.2. The molecule has 2 aromatic carbocycles. The molecule has 0 aliphatic carbocycles. The predicted molar refractivity (Wildman–Crippen MR) is 98.0 cm³/mol. The number of hydrogen-bond donors (Lipinski definition) is 1. The number of benzene rings is 2. The van der Waals surface area contributed by atoms with Gasteiger partial charge in [-0.15, -0.1) is 11.8 Å². The summed E-state index contributed by atoms with van der Waals surface area (Å²) in [5, 5.41) is 10.4. The molecule has 1 aromatic heterocycles. The van der Waals surface area contributed by atoms with Gasteiger partial charge < -0.3 is 9.67 Å². The summed E-state index contributed by atoms with van der Waals surface area (Å²) in [5.41, 5.74) is 6.04. The van der Waals surface area contributed by atoms with Crippen LogP contribution in [0.4, 0.5) is 0 Å². The van der Waals surface area contributed by atoms with Crippen molar-refractivity contribution in [1.29, 1.82) is 0 Å². The molecule has 4 heteroatoms. The average molecular weight is 337 g/mol. The number of rotatable bonds is 4. The van der Waals surface area contributed by atoms with Crippen LogP contribution in [0, 0.1) is 6.92 Å². The van der Waals surface area contributed by atoms with Gasteiger partial charge in [0.2, 0.25) is 0 Å². The van der Waals surface area contributed by atoms with Crippen LogP contribution in [0.25, 0.3) is 10.9 Å². The van der Waals surface area contributed by atoms with Crippen molar-refractivity contribution in [3.05, 3.63) is 64.8 Å². The first kappa shape index (κ1) is 15.3. The molecule has 0 saturated carbocycles. The minimum absolute atomic E-state index is 0.00712. The first-order chi connectivity index (χ1) is 11.6. The molecule has 0 fully saturated rings. The smallest absolute Gasteiger partial charge is 0.323 e. The van der Waals surface area contributed by atoms with E-state index in [0.717, 1.165) is 29.4 Å². The Balaban J connectivity index is 1.79. The fraction of sp³-hybridized carbons (Fsp3) is 0.250. The molecule has 122 valence electrons. The van der Waals surface area contributed by atoms with E-state index in [1.807, 2.05) is 41.5 Å². The van der Waals surface area contributed by atoms with E-state index in [4.69, 9.17) is 0 Å². The van der Waals surface area contributed by atoms with E-state index < -0.39 is 5.97 Å². The van der Waals surface area contributed by atoms with E-state index in [9.17, 15) is 9.90 Å². The van der Waals surface area contributed by atoms with Crippen LogP contribution in [-0.4, -0.2) is 21.4 Å². The normalized spacial score (nSPS) is 13.4. The summed E-state index contributed by atoms with van der Waals surface area (Å²) in [6.45, 7) is 2.04. The van der Waals surface area contributed by atoms with Crippen LogP contribution in [0.3, 0.4) is 0 Å². The molecule has 1 aliphatic heterocycles. The quantitative estimate of drug-likeness (QED) is 0.773. The largest absolute Gasteiger partial charge is 0.480 e. The SMILES string of the molecule is Cc1c(Cc2ccc3c(c2)CCS3)c2ccccc2n1CC(=O)O. The Hall–Kier alpha value is -2.20. The summed E-state index contributed by atoms with van der Waals surface area (Å²) in [6.07, 6.45) is 1.99. The number of aliphatic carboxylic acids is 1. The minimum Gasteiger partial charge on any atom is -0.480 e. The second-order valence-corrected chi connectivity index (χ2v) is 7.42. The van der Waals surface area contributed by atoms with Crippen molar-refractivity contribution in [3.8, 4) is 0 Å². The summed E-state index contributed by atoms with van der Waals surface area (Å²) in [5.74, 6) is 0.371. The lowest BCUT2D eigenvalue weighted by molar-refractivity contribution is -0.137. The van der Waals surface area contributed by atoms with Gasteiger partial charge in [0.15, 0.2) is 0 Å². The van der Waals surface area contributed by atoms with Gasteiger partial charge in [-0.05, 0) is 48.6 Å². The standard InChI is InChI=1S/C20H19NO2S/c1-13-17(11-14-6-7-19-15(10-14)8-9-24-19)16-4-2-3-5-18(16)21(13)12-20(22)23/h2-7,10H,8-9,11-12H2,1H3,(H,22,23). The van der Waals surface area contributed by atoms with Crippen LogP contribution < -0.4 is 0 Å². The number of carboxylic acid groups (broad SMARTS) is 1. The molecule has 3 aromatic rings. The zero-order chi connectivity index (χ0) is 16.7. The topological polar surface area (TPSA) is 42.2 Å². The van der Waals surface area contributed by atoms with Gasteiger partial charge in [-0.1, -0.05) is 30.3 Å². The first-order valence-electron chi connectivity index (χ1n) is 8.16. The van der Waals surface area contributed by atoms with Gasteiger partial charge >= 0.3 is 5.97 Å². The Morgan fingerprint density at radius 1 is 1.25 bits per heavy atom. The number of fused-ring (bicyclic) bond motifs is 2. The van der Waals surface area contributed by atoms with E-state index in [-0.39, 0.29) is 6.54 Å². The zero-order valence-corrected chi connectivity index (χ0v) is 14.4. The lowest BCUT2D eigenvalue weighted by Gasteiger charge is -2.07. The molecule has 0 unspecified atom stereocenters. The van der Waals surface area contributed by atoms with Crippen LogP contribution in [0.15, 0.2) is 47.4 Å². The molecule has 0 saturated heterocycles. The molecule has 4 rings (SSSR count). The van der Waals surface area contributed by atoms with Crippen molar-refractivity contribution >= 4 is 28.6 Å². The molecule has 0 radical (unpaired) electrons. The Kier molecular flexibility index (Phi) is 3.85. The summed E-state index contributed by atoms with van der Waals surface area (Å²) < 4.78 is 1.91. The Morgan fingerprint density at radius 3 is 2.92 bits per heavy atom. The monoisotopic (exact) mass is 337 g/mol. The van der Waals surface area contributed by atoms with Crippen molar-refractivity contribution < 1.29 is 9.90 Å². The third kappa shape index (κ3) is 2.61. The van der Waals surface area contributed by atoms with Crippen LogP contribution >= 0.6 is 11.8 Å². The molecule has 2 heterocycles. The van der Waals surface area contributed by atoms with Crippen molar-refractivity contribution in [1.82, 2.24) is 4.57 Å². The number of hydrogen-bond acceptors (Lipinski definition) is 2. The zero-order valence-electron chi connectivity index (χ0n) is 13.6. The van der Waals surface area contributed by atoms with E-state index in [0.29, 0.717) is 0 Å². The van der Waals surface area contributed by atoms with Crippen LogP contribution in [0.2, 0.25) is 0 Å². The molecule has 3 nitrogen and oxygen atoms in total. The van der Waals surface area contributed by atoms with Crippen molar-refractivity contribution in [2.75, 3.05) is 5.75 Å². The lowest BCUT2D eigenvalue weighted by Crippen LogP contribution is -2.10. The fourth-order valence-corrected chi connectivity index (χ4v) is 4.67. The number of carboxylic acids is 1. The Labute approximate surface area is 145 Å². The van der Waals surface area contributed by atoms with Gasteiger partial charge in [-0.2, -0.15) is 0 Å². The van der Waals surface area contributed by atoms with Gasteiger partial charge in [-0.25, -0.2) is 0 Å². The number of nitrogens with zero attached hydrogens (tertiary/aromatic N) is 1. The van der Waals surface area contributed by atoms with E-state index >= 15 is 0 Å². The maximum atomic E-state index is 11.2. The number of aryl methyl sites for hydroxylation is 1. The summed E-state index contributed by atoms with van der Waals surface area (Å²) in [7, 11) is 0. The van der Waals surface area contributed by atoms with Gasteiger partial charge in [0.25, 0.3) is 0 Å². The van der Waals surface area contributed by atoms with Crippen LogP contribution in [0.5, 0.6) is 0 Å². The third-order valence-corrected chi connectivity index (χ3v) is 5.91. The van der Waals surface area contributed by atoms with E-state index in [1.165, 1.54) is 27.3 Å². The van der Waals surface area contributed by atoms with Crippen molar-refractivity contribution in [2.45, 2.75) is 31.2 Å². The van der Waals surface area contributed by atoms with Crippen molar-refractivity contribution in [3.63, 3.8) is 0 Å². The third-order valence-electron chi connectivity index (χ3n) is 4.79. The van der Waals surface area contributed by atoms with E-state index in [2.05, 4.69) is 24.3 Å². The first-order valence-corrected chi connectivity index (χ1v) is 9.15. The second-order valence-electron chi connectivity index (χ2n) is 6.28. The minimum atomic E-state index is -0.806. The number of thioether (sulfide) groups is 1. The Morgan fingerprint density at radius 2 is 2.08 bits per heavy atom. The molecular formula is C20H19NO2S. The molecule has 1 N–H and O–H groups in total. The van der Waals surface area contributed by atoms with Crippen molar-refractivity contribution in [2.24, 2.45) is 0 Å². The highest BCUT2D eigenvalue weighted by Gasteiger charge is 2.17. The lowest BCUT2D eigenvalue weighted by atomic mass is 10.00. The number of aromatic nitrogens is 1. The molecular weight excluding hydrogens is 318 g/mol. The molecule has 0 amide bonds. The van der Waals surface area contributed by atoms with E-state index in [1.54, 1.807) is 0 Å². The Bertz CT molecular complexity index is 942. The second kappa shape index (κ2) is 6.02. The number of para-hydroxylation sites is 1. The molecule has 0 spiro atoms. The maximum absolute atomic E-state index is 11.2. The van der Waals surface area contributed by atoms with Crippen LogP contribution in [0.1, 0.15) is 22.4 Å². The number of carbonyl (C=O) groups is 1. The van der Waals surface area contributed by atoms with Gasteiger partial charge in [0, 0.05) is 27.2 Å². The average Bonchev–Trinajstić information content (AvgIpc) is 3.13. The maximum Gasteiger partial charge on any atom is 0.323 e.